The van der Waals surface area contributed by atoms with Crippen molar-refractivity contribution in [1.82, 2.24) is 4.90 Å². The third-order valence-electron chi connectivity index (χ3n) is 4.78. The molecule has 1 saturated heterocycles. The Balaban J connectivity index is 1.83. The minimum absolute atomic E-state index is 0.166. The first-order valence-corrected chi connectivity index (χ1v) is 8.46. The highest BCUT2D eigenvalue weighted by Crippen LogP contribution is 2.32. The van der Waals surface area contributed by atoms with Crippen molar-refractivity contribution in [2.75, 3.05) is 25.5 Å². The van der Waals surface area contributed by atoms with Crippen molar-refractivity contribution >= 4 is 23.3 Å². The van der Waals surface area contributed by atoms with E-state index in [4.69, 9.17) is 4.74 Å². The number of likely N-dealkylation sites (tertiary alicyclic amines) is 1. The number of carbonyl (C=O) groups excluding carboxylic acids is 1. The summed E-state index contributed by atoms with van der Waals surface area (Å²) in [7, 11) is 1.60. The number of carboxylic acids is 1. The Labute approximate surface area is 152 Å². The van der Waals surface area contributed by atoms with Crippen LogP contribution in [0.3, 0.4) is 0 Å². The van der Waals surface area contributed by atoms with Crippen LogP contribution in [0.2, 0.25) is 0 Å². The number of methoxy groups -OCH3 is 1. The predicted molar refractivity (Wildman–Crippen MR) is 99.0 cm³/mol. The topological polar surface area (TPSA) is 78.9 Å². The highest BCUT2D eigenvalue weighted by Gasteiger charge is 2.42. The normalized spacial score (nSPS) is 19.2. The summed E-state index contributed by atoms with van der Waals surface area (Å²) in [5, 5.41) is 12.6. The van der Waals surface area contributed by atoms with Gasteiger partial charge in [0.25, 0.3) is 5.91 Å². The van der Waals surface area contributed by atoms with E-state index < -0.39 is 11.4 Å². The molecule has 0 spiro atoms. The summed E-state index contributed by atoms with van der Waals surface area (Å²) in [4.78, 5) is 26.0. The third kappa shape index (κ3) is 3.49. The molecule has 1 aliphatic rings. The fraction of sp³-hybridized carbons (Fsp3) is 0.300. The summed E-state index contributed by atoms with van der Waals surface area (Å²) in [5.41, 5.74) is 1.12. The summed E-state index contributed by atoms with van der Waals surface area (Å²) in [6.45, 7) is 2.34. The van der Waals surface area contributed by atoms with E-state index in [9.17, 15) is 14.7 Å². The fourth-order valence-corrected chi connectivity index (χ4v) is 3.11. The number of hydrogen-bond acceptors (Lipinski definition) is 4. The second-order valence-electron chi connectivity index (χ2n) is 6.75. The average molecular weight is 354 g/mol. The molecule has 1 heterocycles. The van der Waals surface area contributed by atoms with Gasteiger partial charge in [-0.25, -0.2) is 0 Å². The van der Waals surface area contributed by atoms with E-state index in [1.807, 2.05) is 36.4 Å². The standard InChI is InChI=1S/C20H22N2O4/c1-20(19(24)25)10-11-22(13-20)18(23)16-8-3-4-9-17(16)21-14-6-5-7-15(12-14)26-2/h3-9,12,21H,10-11,13H2,1-2H3,(H,24,25). The lowest BCUT2D eigenvalue weighted by Gasteiger charge is -2.21. The van der Waals surface area contributed by atoms with E-state index in [1.54, 1.807) is 31.1 Å². The van der Waals surface area contributed by atoms with Crippen LogP contribution in [0.25, 0.3) is 0 Å². The Morgan fingerprint density at radius 1 is 1.19 bits per heavy atom. The summed E-state index contributed by atoms with van der Waals surface area (Å²) in [5.74, 6) is -0.313. The second-order valence-corrected chi connectivity index (χ2v) is 6.75. The Bertz CT molecular complexity index is 836. The average Bonchev–Trinajstić information content (AvgIpc) is 3.05. The molecule has 136 valence electrons. The lowest BCUT2D eigenvalue weighted by molar-refractivity contribution is -0.147. The molecule has 1 fully saturated rings. The number of aliphatic carboxylic acids is 1. The quantitative estimate of drug-likeness (QED) is 0.861. The molecule has 2 N–H and O–H groups in total. The zero-order valence-electron chi connectivity index (χ0n) is 14.9. The highest BCUT2D eigenvalue weighted by molar-refractivity contribution is 6.00. The van der Waals surface area contributed by atoms with Gasteiger partial charge in [-0.1, -0.05) is 18.2 Å². The molecule has 1 atom stereocenters. The monoisotopic (exact) mass is 354 g/mol. The maximum absolute atomic E-state index is 13.0. The first kappa shape index (κ1) is 17.8. The number of rotatable bonds is 5. The van der Waals surface area contributed by atoms with Crippen molar-refractivity contribution in [3.8, 4) is 5.75 Å². The molecule has 6 heteroatoms. The van der Waals surface area contributed by atoms with Gasteiger partial charge >= 0.3 is 5.97 Å². The number of benzene rings is 2. The number of nitrogens with zero attached hydrogens (tertiary/aromatic N) is 1. The summed E-state index contributed by atoms with van der Waals surface area (Å²) < 4.78 is 5.23. The zero-order chi connectivity index (χ0) is 18.7. The molecule has 26 heavy (non-hydrogen) atoms. The fourth-order valence-electron chi connectivity index (χ4n) is 3.11. The maximum Gasteiger partial charge on any atom is 0.311 e. The maximum atomic E-state index is 13.0. The molecule has 3 rings (SSSR count). The molecule has 2 aromatic rings. The van der Waals surface area contributed by atoms with Crippen LogP contribution in [0, 0.1) is 5.41 Å². The number of para-hydroxylation sites is 1. The number of carbonyl (C=O) groups is 2. The molecule has 0 bridgehead atoms. The molecule has 0 aromatic heterocycles. The number of carboxylic acid groups (broad SMARTS) is 1. The van der Waals surface area contributed by atoms with Crippen molar-refractivity contribution in [2.24, 2.45) is 5.41 Å². The van der Waals surface area contributed by atoms with Gasteiger partial charge in [0, 0.05) is 24.8 Å². The van der Waals surface area contributed by atoms with Gasteiger partial charge in [-0.2, -0.15) is 0 Å². The van der Waals surface area contributed by atoms with E-state index in [0.717, 1.165) is 11.4 Å². The van der Waals surface area contributed by atoms with Gasteiger partial charge < -0.3 is 20.1 Å². The van der Waals surface area contributed by atoms with E-state index in [1.165, 1.54) is 0 Å². The Morgan fingerprint density at radius 3 is 2.65 bits per heavy atom. The van der Waals surface area contributed by atoms with Gasteiger partial charge in [-0.05, 0) is 37.6 Å². The van der Waals surface area contributed by atoms with E-state index >= 15 is 0 Å². The van der Waals surface area contributed by atoms with Gasteiger partial charge in [0.15, 0.2) is 0 Å². The summed E-state index contributed by atoms with van der Waals surface area (Å²) >= 11 is 0. The molecule has 1 aliphatic heterocycles. The minimum atomic E-state index is -0.884. The lowest BCUT2D eigenvalue weighted by Crippen LogP contribution is -2.35. The van der Waals surface area contributed by atoms with Gasteiger partial charge in [0.1, 0.15) is 5.75 Å². The third-order valence-corrected chi connectivity index (χ3v) is 4.78. The van der Waals surface area contributed by atoms with Gasteiger partial charge in [-0.3, -0.25) is 9.59 Å². The molecule has 1 amide bonds. The van der Waals surface area contributed by atoms with Crippen LogP contribution >= 0.6 is 0 Å². The van der Waals surface area contributed by atoms with Crippen LogP contribution in [0.1, 0.15) is 23.7 Å². The van der Waals surface area contributed by atoms with E-state index in [0.29, 0.717) is 24.2 Å². The van der Waals surface area contributed by atoms with Crippen molar-refractivity contribution in [2.45, 2.75) is 13.3 Å². The van der Waals surface area contributed by atoms with E-state index in [2.05, 4.69) is 5.32 Å². The van der Waals surface area contributed by atoms with Crippen molar-refractivity contribution in [3.05, 3.63) is 54.1 Å². The molecule has 0 radical (unpaired) electrons. The number of amides is 1. The van der Waals surface area contributed by atoms with Gasteiger partial charge in [-0.15, -0.1) is 0 Å². The Morgan fingerprint density at radius 2 is 1.96 bits per heavy atom. The highest BCUT2D eigenvalue weighted by atomic mass is 16.5. The van der Waals surface area contributed by atoms with Crippen molar-refractivity contribution in [3.63, 3.8) is 0 Å². The number of anilines is 2. The first-order chi connectivity index (χ1) is 12.4. The van der Waals surface area contributed by atoms with Crippen molar-refractivity contribution < 1.29 is 19.4 Å². The summed E-state index contributed by atoms with van der Waals surface area (Å²) in [6.07, 6.45) is 0.458. The van der Waals surface area contributed by atoms with Crippen LogP contribution < -0.4 is 10.1 Å². The number of nitrogens with one attached hydrogen (secondary N) is 1. The molecule has 6 nitrogen and oxygen atoms in total. The molecule has 0 aliphatic carbocycles. The SMILES string of the molecule is COc1cccc(Nc2ccccc2C(=O)N2CCC(C)(C(=O)O)C2)c1. The first-order valence-electron chi connectivity index (χ1n) is 8.46. The van der Waals surface area contributed by atoms with Gasteiger partial charge in [0.2, 0.25) is 0 Å². The van der Waals surface area contributed by atoms with E-state index in [-0.39, 0.29) is 12.5 Å². The number of hydrogen-bond donors (Lipinski definition) is 2. The zero-order valence-corrected chi connectivity index (χ0v) is 14.9. The van der Waals surface area contributed by atoms with Crippen molar-refractivity contribution in [1.29, 1.82) is 0 Å². The molecule has 0 saturated carbocycles. The molecular weight excluding hydrogens is 332 g/mol. The molecule has 2 aromatic carbocycles. The van der Waals surface area contributed by atoms with Crippen LogP contribution in [-0.2, 0) is 4.79 Å². The smallest absolute Gasteiger partial charge is 0.311 e. The van der Waals surface area contributed by atoms with Gasteiger partial charge in [0.05, 0.1) is 23.8 Å². The molecule has 1 unspecified atom stereocenters. The van der Waals surface area contributed by atoms with Crippen LogP contribution in [-0.4, -0.2) is 42.1 Å². The summed E-state index contributed by atoms with van der Waals surface area (Å²) in [6, 6.07) is 14.7. The van der Waals surface area contributed by atoms with Crippen LogP contribution in [0.4, 0.5) is 11.4 Å². The number of ether oxygens (including phenoxy) is 1. The largest absolute Gasteiger partial charge is 0.497 e. The Kier molecular flexibility index (Phi) is 4.84. The second kappa shape index (κ2) is 7.07. The molecular formula is C20H22N2O4. The minimum Gasteiger partial charge on any atom is -0.497 e. The predicted octanol–water partition coefficient (Wildman–Crippen LogP) is 3.38. The Hall–Kier alpha value is -3.02. The van der Waals surface area contributed by atoms with Crippen LogP contribution in [0.15, 0.2) is 48.5 Å². The van der Waals surface area contributed by atoms with Crippen LogP contribution in [0.5, 0.6) is 5.75 Å². The lowest BCUT2D eigenvalue weighted by atomic mass is 9.90.